The van der Waals surface area contributed by atoms with Gasteiger partial charge in [-0.25, -0.2) is 0 Å². The molecule has 0 saturated carbocycles. The molecule has 0 saturated heterocycles. The average molecular weight is 360 g/mol. The molecule has 0 aliphatic heterocycles. The molecule has 136 valence electrons. The van der Waals surface area contributed by atoms with Gasteiger partial charge in [0.05, 0.1) is 12.2 Å². The van der Waals surface area contributed by atoms with Gasteiger partial charge in [0.15, 0.2) is 0 Å². The number of benzene rings is 1. The average Bonchev–Trinajstić information content (AvgIpc) is 3.14. The lowest BCUT2D eigenvalue weighted by atomic mass is 10.2. The van der Waals surface area contributed by atoms with Crippen molar-refractivity contribution >= 4 is 5.91 Å². The molecule has 0 atom stereocenters. The van der Waals surface area contributed by atoms with E-state index in [-0.39, 0.29) is 5.91 Å². The second-order valence-corrected chi connectivity index (χ2v) is 5.81. The minimum atomic E-state index is -0.290. The van der Waals surface area contributed by atoms with Crippen LogP contribution >= 0.6 is 0 Å². The van der Waals surface area contributed by atoms with Gasteiger partial charge in [0.2, 0.25) is 0 Å². The lowest BCUT2D eigenvalue weighted by Gasteiger charge is -2.11. The Morgan fingerprint density at radius 1 is 1.22 bits per heavy atom. The van der Waals surface area contributed by atoms with Crippen LogP contribution in [0.5, 0.6) is 5.75 Å². The van der Waals surface area contributed by atoms with E-state index >= 15 is 0 Å². The summed E-state index contributed by atoms with van der Waals surface area (Å²) in [6, 6.07) is 16.8. The van der Waals surface area contributed by atoms with Crippen molar-refractivity contribution in [2.75, 3.05) is 13.2 Å². The molecule has 0 spiro atoms. The van der Waals surface area contributed by atoms with Crippen LogP contribution in [-0.4, -0.2) is 28.6 Å². The van der Waals surface area contributed by atoms with Gasteiger partial charge in [-0.15, -0.1) is 0 Å². The van der Waals surface area contributed by atoms with Crippen LogP contribution in [0.3, 0.4) is 0 Å². The highest BCUT2D eigenvalue weighted by Gasteiger charge is 2.18. The summed E-state index contributed by atoms with van der Waals surface area (Å²) in [6.07, 6.45) is 4.07. The van der Waals surface area contributed by atoms with Crippen LogP contribution in [0.4, 0.5) is 0 Å². The van der Waals surface area contributed by atoms with E-state index in [1.165, 1.54) is 0 Å². The van der Waals surface area contributed by atoms with Crippen molar-refractivity contribution < 1.29 is 9.53 Å². The smallest absolute Gasteiger partial charge is 0.269 e. The number of rotatable bonds is 7. The molecular formula is C21H20N4O2. The molecule has 0 bridgehead atoms. The predicted octanol–water partition coefficient (Wildman–Crippen LogP) is 3.12. The third kappa shape index (κ3) is 4.33. The first-order chi connectivity index (χ1) is 13.2. The molecule has 3 aromatic rings. The number of carbonyl (C=O) groups is 1. The SMILES string of the molecule is CCOc1ccc(-n2ccc(C#N)c2C(=O)NCCc2ccccn2)cc1. The summed E-state index contributed by atoms with van der Waals surface area (Å²) >= 11 is 0. The Hall–Kier alpha value is -3.59. The second kappa shape index (κ2) is 8.68. The van der Waals surface area contributed by atoms with Gasteiger partial charge in [-0.1, -0.05) is 6.07 Å². The van der Waals surface area contributed by atoms with Crippen molar-refractivity contribution in [2.24, 2.45) is 0 Å². The van der Waals surface area contributed by atoms with Crippen LogP contribution < -0.4 is 10.1 Å². The molecule has 1 aromatic carbocycles. The zero-order chi connectivity index (χ0) is 19.1. The number of amides is 1. The molecule has 27 heavy (non-hydrogen) atoms. The molecule has 0 aliphatic carbocycles. The number of carbonyl (C=O) groups excluding carboxylic acids is 1. The summed E-state index contributed by atoms with van der Waals surface area (Å²) < 4.78 is 7.16. The van der Waals surface area contributed by atoms with Gasteiger partial charge in [-0.3, -0.25) is 9.78 Å². The van der Waals surface area contributed by atoms with Gasteiger partial charge >= 0.3 is 0 Å². The fourth-order valence-electron chi connectivity index (χ4n) is 2.77. The van der Waals surface area contributed by atoms with Gasteiger partial charge in [0.25, 0.3) is 5.91 Å². The number of ether oxygens (including phenoxy) is 1. The topological polar surface area (TPSA) is 79.9 Å². The highest BCUT2D eigenvalue weighted by molar-refractivity contribution is 5.95. The Morgan fingerprint density at radius 2 is 2.04 bits per heavy atom. The molecule has 0 fully saturated rings. The van der Waals surface area contributed by atoms with Crippen molar-refractivity contribution in [2.45, 2.75) is 13.3 Å². The van der Waals surface area contributed by atoms with Crippen LogP contribution in [0.1, 0.15) is 28.7 Å². The van der Waals surface area contributed by atoms with Crippen LogP contribution in [0, 0.1) is 11.3 Å². The third-order valence-corrected chi connectivity index (χ3v) is 4.04. The van der Waals surface area contributed by atoms with Crippen LogP contribution in [-0.2, 0) is 6.42 Å². The van der Waals surface area contributed by atoms with Crippen molar-refractivity contribution in [3.8, 4) is 17.5 Å². The molecular weight excluding hydrogens is 340 g/mol. The van der Waals surface area contributed by atoms with E-state index in [0.29, 0.717) is 30.8 Å². The second-order valence-electron chi connectivity index (χ2n) is 5.81. The molecule has 6 nitrogen and oxygen atoms in total. The van der Waals surface area contributed by atoms with Gasteiger partial charge in [0.1, 0.15) is 17.5 Å². The van der Waals surface area contributed by atoms with Gasteiger partial charge in [0, 0.05) is 36.7 Å². The summed E-state index contributed by atoms with van der Waals surface area (Å²) in [6.45, 7) is 2.95. The first kappa shape index (κ1) is 18.2. The first-order valence-electron chi connectivity index (χ1n) is 8.75. The van der Waals surface area contributed by atoms with Crippen molar-refractivity contribution in [3.63, 3.8) is 0 Å². The summed E-state index contributed by atoms with van der Waals surface area (Å²) in [7, 11) is 0. The normalized spacial score (nSPS) is 10.2. The van der Waals surface area contributed by atoms with Crippen molar-refractivity contribution in [1.29, 1.82) is 5.26 Å². The number of nitriles is 1. The fourth-order valence-corrected chi connectivity index (χ4v) is 2.77. The number of nitrogens with one attached hydrogen (secondary N) is 1. The van der Waals surface area contributed by atoms with Crippen molar-refractivity contribution in [3.05, 3.63) is 77.9 Å². The van der Waals surface area contributed by atoms with E-state index in [2.05, 4.69) is 16.4 Å². The van der Waals surface area contributed by atoms with Crippen molar-refractivity contribution in [1.82, 2.24) is 14.9 Å². The summed E-state index contributed by atoms with van der Waals surface area (Å²) in [5, 5.41) is 12.2. The lowest BCUT2D eigenvalue weighted by molar-refractivity contribution is 0.0947. The Kier molecular flexibility index (Phi) is 5.85. The lowest BCUT2D eigenvalue weighted by Crippen LogP contribution is -2.28. The summed E-state index contributed by atoms with van der Waals surface area (Å²) in [5.41, 5.74) is 2.34. The maximum atomic E-state index is 12.7. The monoisotopic (exact) mass is 360 g/mol. The minimum absolute atomic E-state index is 0.290. The van der Waals surface area contributed by atoms with E-state index < -0.39 is 0 Å². The zero-order valence-electron chi connectivity index (χ0n) is 15.1. The van der Waals surface area contributed by atoms with Crippen LogP contribution in [0.25, 0.3) is 5.69 Å². The van der Waals surface area contributed by atoms with E-state index in [4.69, 9.17) is 4.74 Å². The number of hydrogen-bond acceptors (Lipinski definition) is 4. The standard InChI is InChI=1S/C21H20N4O2/c1-2-27-19-8-6-18(7-9-19)25-14-11-16(15-22)20(25)21(26)24-13-10-17-5-3-4-12-23-17/h3-9,11-12,14H,2,10,13H2,1H3,(H,24,26). The maximum Gasteiger partial charge on any atom is 0.269 e. The van der Waals surface area contributed by atoms with E-state index in [1.807, 2.05) is 49.4 Å². The van der Waals surface area contributed by atoms with E-state index in [9.17, 15) is 10.1 Å². The van der Waals surface area contributed by atoms with E-state index in [1.54, 1.807) is 23.0 Å². The molecule has 0 aliphatic rings. The van der Waals surface area contributed by atoms with Crippen LogP contribution in [0.15, 0.2) is 60.9 Å². The van der Waals surface area contributed by atoms with Gasteiger partial charge < -0.3 is 14.6 Å². The third-order valence-electron chi connectivity index (χ3n) is 4.04. The Balaban J connectivity index is 1.76. The molecule has 2 aromatic heterocycles. The van der Waals surface area contributed by atoms with Gasteiger partial charge in [-0.2, -0.15) is 5.26 Å². The minimum Gasteiger partial charge on any atom is -0.494 e. The number of hydrogen-bond donors (Lipinski definition) is 1. The maximum absolute atomic E-state index is 12.7. The predicted molar refractivity (Wildman–Crippen MR) is 102 cm³/mol. The number of aromatic nitrogens is 2. The fraction of sp³-hybridized carbons (Fsp3) is 0.190. The molecule has 1 N–H and O–H groups in total. The highest BCUT2D eigenvalue weighted by atomic mass is 16.5. The first-order valence-corrected chi connectivity index (χ1v) is 8.75. The summed E-state index contributed by atoms with van der Waals surface area (Å²) in [5.74, 6) is 0.469. The Bertz CT molecular complexity index is 941. The van der Waals surface area contributed by atoms with E-state index in [0.717, 1.165) is 17.1 Å². The molecule has 2 heterocycles. The van der Waals surface area contributed by atoms with Crippen LogP contribution in [0.2, 0.25) is 0 Å². The quantitative estimate of drug-likeness (QED) is 0.702. The largest absolute Gasteiger partial charge is 0.494 e. The van der Waals surface area contributed by atoms with Gasteiger partial charge in [-0.05, 0) is 49.4 Å². The Labute approximate surface area is 158 Å². The Morgan fingerprint density at radius 3 is 2.70 bits per heavy atom. The molecule has 1 amide bonds. The highest BCUT2D eigenvalue weighted by Crippen LogP contribution is 2.20. The molecule has 6 heteroatoms. The number of nitrogens with zero attached hydrogens (tertiary/aromatic N) is 3. The number of pyridine rings is 1. The molecule has 0 radical (unpaired) electrons. The molecule has 3 rings (SSSR count). The zero-order valence-corrected chi connectivity index (χ0v) is 15.1. The molecule has 0 unspecified atom stereocenters. The summed E-state index contributed by atoms with van der Waals surface area (Å²) in [4.78, 5) is 17.0.